The molecule has 0 aliphatic carbocycles. The molecule has 0 saturated carbocycles. The molecule has 20 heavy (non-hydrogen) atoms. The second-order valence-corrected chi connectivity index (χ2v) is 6.34. The molecule has 0 aliphatic heterocycles. The molecule has 0 fully saturated rings. The Kier molecular flexibility index (Phi) is 4.65. The first-order chi connectivity index (χ1) is 9.53. The van der Waals surface area contributed by atoms with Crippen molar-refractivity contribution in [2.45, 2.75) is 11.4 Å². The lowest BCUT2D eigenvalue weighted by atomic mass is 10.2. The summed E-state index contributed by atoms with van der Waals surface area (Å²) >= 11 is 5.78. The van der Waals surface area contributed by atoms with Crippen molar-refractivity contribution in [2.24, 2.45) is 0 Å². The Bertz CT molecular complexity index is 685. The summed E-state index contributed by atoms with van der Waals surface area (Å²) in [7, 11) is -1.84. The third-order valence-electron chi connectivity index (χ3n) is 2.73. The molecule has 0 aliphatic rings. The maximum atomic E-state index is 12.4. The van der Waals surface area contributed by atoms with Gasteiger partial charge < -0.3 is 5.32 Å². The molecule has 0 aromatic heterocycles. The van der Waals surface area contributed by atoms with Gasteiger partial charge in [-0.1, -0.05) is 29.8 Å². The Labute approximate surface area is 123 Å². The van der Waals surface area contributed by atoms with Crippen molar-refractivity contribution >= 4 is 27.3 Å². The maximum absolute atomic E-state index is 12.4. The van der Waals surface area contributed by atoms with Gasteiger partial charge in [0.25, 0.3) is 10.0 Å². The molecule has 0 atom stereocenters. The number of nitrogens with one attached hydrogen (secondary N) is 2. The van der Waals surface area contributed by atoms with Gasteiger partial charge in [-0.25, -0.2) is 8.42 Å². The maximum Gasteiger partial charge on any atom is 0.262 e. The largest absolute Gasteiger partial charge is 0.316 e. The SMILES string of the molecule is CNCc1ccccc1S(=O)(=O)Nc1ccc(Cl)cc1. The summed E-state index contributed by atoms with van der Waals surface area (Å²) in [5.74, 6) is 0. The number of hydrogen-bond acceptors (Lipinski definition) is 3. The quantitative estimate of drug-likeness (QED) is 0.893. The highest BCUT2D eigenvalue weighted by atomic mass is 35.5. The third-order valence-corrected chi connectivity index (χ3v) is 4.46. The fourth-order valence-corrected chi connectivity index (χ4v) is 3.26. The van der Waals surface area contributed by atoms with Crippen molar-refractivity contribution < 1.29 is 8.42 Å². The number of anilines is 1. The fraction of sp³-hybridized carbons (Fsp3) is 0.143. The van der Waals surface area contributed by atoms with E-state index in [4.69, 9.17) is 11.6 Å². The molecule has 2 rings (SSSR count). The van der Waals surface area contributed by atoms with Crippen LogP contribution in [-0.4, -0.2) is 15.5 Å². The Morgan fingerprint density at radius 2 is 1.70 bits per heavy atom. The van der Waals surface area contributed by atoms with Gasteiger partial charge >= 0.3 is 0 Å². The molecule has 6 heteroatoms. The van der Waals surface area contributed by atoms with E-state index in [-0.39, 0.29) is 4.90 Å². The monoisotopic (exact) mass is 310 g/mol. The first-order valence-corrected chi connectivity index (χ1v) is 7.90. The molecule has 2 aromatic rings. The molecular formula is C14H15ClN2O2S. The molecule has 0 spiro atoms. The Balaban J connectivity index is 2.33. The van der Waals surface area contributed by atoms with Crippen molar-refractivity contribution in [3.8, 4) is 0 Å². The average molecular weight is 311 g/mol. The molecule has 106 valence electrons. The summed E-state index contributed by atoms with van der Waals surface area (Å²) in [6.45, 7) is 0.484. The van der Waals surface area contributed by atoms with Crippen LogP contribution in [0.15, 0.2) is 53.4 Å². The highest BCUT2D eigenvalue weighted by Crippen LogP contribution is 2.20. The van der Waals surface area contributed by atoms with Crippen LogP contribution in [0.4, 0.5) is 5.69 Å². The second-order valence-electron chi connectivity index (χ2n) is 4.25. The molecule has 0 saturated heterocycles. The highest BCUT2D eigenvalue weighted by molar-refractivity contribution is 7.92. The van der Waals surface area contributed by atoms with E-state index in [9.17, 15) is 8.42 Å². The van der Waals surface area contributed by atoms with Crippen LogP contribution < -0.4 is 10.0 Å². The van der Waals surface area contributed by atoms with Crippen molar-refractivity contribution in [1.29, 1.82) is 0 Å². The van der Waals surface area contributed by atoms with E-state index in [1.165, 1.54) is 0 Å². The topological polar surface area (TPSA) is 58.2 Å². The van der Waals surface area contributed by atoms with E-state index in [1.54, 1.807) is 49.5 Å². The fourth-order valence-electron chi connectivity index (χ4n) is 1.83. The van der Waals surface area contributed by atoms with Gasteiger partial charge in [-0.05, 0) is 42.9 Å². The zero-order valence-corrected chi connectivity index (χ0v) is 12.5. The summed E-state index contributed by atoms with van der Waals surface area (Å²) in [5, 5.41) is 3.52. The van der Waals surface area contributed by atoms with E-state index in [0.29, 0.717) is 17.3 Å². The van der Waals surface area contributed by atoms with Gasteiger partial charge in [0, 0.05) is 17.3 Å². The lowest BCUT2D eigenvalue weighted by Crippen LogP contribution is -2.17. The van der Waals surface area contributed by atoms with Gasteiger partial charge in [-0.3, -0.25) is 4.72 Å². The van der Waals surface area contributed by atoms with Gasteiger partial charge in [0.1, 0.15) is 0 Å². The standard InChI is InChI=1S/C14H15ClN2O2S/c1-16-10-11-4-2-3-5-14(11)20(18,19)17-13-8-6-12(15)7-9-13/h2-9,16-17H,10H2,1H3. The zero-order chi connectivity index (χ0) is 14.6. The van der Waals surface area contributed by atoms with Crippen molar-refractivity contribution in [2.75, 3.05) is 11.8 Å². The lowest BCUT2D eigenvalue weighted by Gasteiger charge is -2.12. The first-order valence-electron chi connectivity index (χ1n) is 6.04. The van der Waals surface area contributed by atoms with Crippen LogP contribution in [0.1, 0.15) is 5.56 Å². The van der Waals surface area contributed by atoms with Crippen molar-refractivity contribution in [3.63, 3.8) is 0 Å². The Morgan fingerprint density at radius 3 is 2.35 bits per heavy atom. The van der Waals surface area contributed by atoms with Crippen molar-refractivity contribution in [3.05, 3.63) is 59.1 Å². The van der Waals surface area contributed by atoms with Crippen LogP contribution in [0, 0.1) is 0 Å². The molecule has 0 heterocycles. The smallest absolute Gasteiger partial charge is 0.262 e. The number of sulfonamides is 1. The Morgan fingerprint density at radius 1 is 1.05 bits per heavy atom. The minimum Gasteiger partial charge on any atom is -0.316 e. The molecule has 2 aromatic carbocycles. The van der Waals surface area contributed by atoms with Gasteiger partial charge in [0.15, 0.2) is 0 Å². The molecule has 2 N–H and O–H groups in total. The third kappa shape index (κ3) is 3.50. The molecule has 4 nitrogen and oxygen atoms in total. The molecular weight excluding hydrogens is 296 g/mol. The molecule has 0 radical (unpaired) electrons. The number of benzene rings is 2. The number of rotatable bonds is 5. The van der Waals surface area contributed by atoms with Crippen LogP contribution in [0.3, 0.4) is 0 Å². The van der Waals surface area contributed by atoms with Gasteiger partial charge in [0.05, 0.1) is 4.90 Å². The van der Waals surface area contributed by atoms with Gasteiger partial charge in [-0.15, -0.1) is 0 Å². The Hall–Kier alpha value is -1.56. The number of hydrogen-bond donors (Lipinski definition) is 2. The summed E-state index contributed by atoms with van der Waals surface area (Å²) in [6, 6.07) is 13.4. The van der Waals surface area contributed by atoms with Crippen LogP contribution >= 0.6 is 11.6 Å². The average Bonchev–Trinajstić information content (AvgIpc) is 2.42. The summed E-state index contributed by atoms with van der Waals surface area (Å²) in [5.41, 5.74) is 1.20. The summed E-state index contributed by atoms with van der Waals surface area (Å²) in [6.07, 6.45) is 0. The van der Waals surface area contributed by atoms with E-state index < -0.39 is 10.0 Å². The summed E-state index contributed by atoms with van der Waals surface area (Å²) in [4.78, 5) is 0.268. The van der Waals surface area contributed by atoms with E-state index in [1.807, 2.05) is 6.07 Å². The van der Waals surface area contributed by atoms with Crippen LogP contribution in [-0.2, 0) is 16.6 Å². The molecule has 0 unspecified atom stereocenters. The van der Waals surface area contributed by atoms with E-state index in [2.05, 4.69) is 10.0 Å². The zero-order valence-electron chi connectivity index (χ0n) is 10.9. The van der Waals surface area contributed by atoms with E-state index >= 15 is 0 Å². The van der Waals surface area contributed by atoms with E-state index in [0.717, 1.165) is 5.56 Å². The van der Waals surface area contributed by atoms with Crippen LogP contribution in [0.5, 0.6) is 0 Å². The van der Waals surface area contributed by atoms with Crippen LogP contribution in [0.25, 0.3) is 0 Å². The minimum atomic E-state index is -3.61. The normalized spacial score (nSPS) is 11.3. The lowest BCUT2D eigenvalue weighted by molar-refractivity contribution is 0.599. The molecule has 0 amide bonds. The van der Waals surface area contributed by atoms with Gasteiger partial charge in [0.2, 0.25) is 0 Å². The van der Waals surface area contributed by atoms with Crippen molar-refractivity contribution in [1.82, 2.24) is 5.32 Å². The predicted octanol–water partition coefficient (Wildman–Crippen LogP) is 2.86. The molecule has 0 bridgehead atoms. The first kappa shape index (κ1) is 14.8. The second kappa shape index (κ2) is 6.26. The summed E-state index contributed by atoms with van der Waals surface area (Å²) < 4.78 is 27.4. The van der Waals surface area contributed by atoms with Gasteiger partial charge in [-0.2, -0.15) is 0 Å². The highest BCUT2D eigenvalue weighted by Gasteiger charge is 2.17. The van der Waals surface area contributed by atoms with Crippen LogP contribution in [0.2, 0.25) is 5.02 Å². The predicted molar refractivity (Wildman–Crippen MR) is 81.5 cm³/mol. The number of halogens is 1. The minimum absolute atomic E-state index is 0.268.